The zero-order chi connectivity index (χ0) is 19.5. The van der Waals surface area contributed by atoms with Crippen LogP contribution in [0.5, 0.6) is 0 Å². The van der Waals surface area contributed by atoms with Gasteiger partial charge in [-0.3, -0.25) is 9.59 Å². The van der Waals surface area contributed by atoms with E-state index in [4.69, 9.17) is 0 Å². The Labute approximate surface area is 150 Å². The highest BCUT2D eigenvalue weighted by Gasteiger charge is 2.31. The minimum absolute atomic E-state index is 0.00747. The van der Waals surface area contributed by atoms with Gasteiger partial charge in [0.15, 0.2) is 0 Å². The second-order valence-corrected chi connectivity index (χ2v) is 7.59. The van der Waals surface area contributed by atoms with E-state index in [-0.39, 0.29) is 11.9 Å². The Morgan fingerprint density at radius 1 is 1.23 bits per heavy atom. The van der Waals surface area contributed by atoms with E-state index in [0.29, 0.717) is 31.7 Å². The number of amides is 2. The molecule has 6 nitrogen and oxygen atoms in total. The standard InChI is InChI=1S/C17H25F3N4O2/c1-16(2,3)15(26)22-13-5-9-21-24(13)12-6-10-23(11-7-12)14(25)4-8-17(18,19)20/h5,9,12H,4,6-8,10-11H2,1-3H3,(H,22,26). The smallest absolute Gasteiger partial charge is 0.343 e. The summed E-state index contributed by atoms with van der Waals surface area (Å²) in [4.78, 5) is 25.5. The van der Waals surface area contributed by atoms with Crippen LogP contribution in [0.25, 0.3) is 0 Å². The largest absolute Gasteiger partial charge is 0.389 e. The number of piperidine rings is 1. The van der Waals surface area contributed by atoms with Gasteiger partial charge in [-0.15, -0.1) is 0 Å². The highest BCUT2D eigenvalue weighted by molar-refractivity contribution is 5.93. The number of nitrogens with zero attached hydrogens (tertiary/aromatic N) is 3. The summed E-state index contributed by atoms with van der Waals surface area (Å²) in [6.45, 7) is 6.21. The molecular weight excluding hydrogens is 349 g/mol. The third-order valence-electron chi connectivity index (χ3n) is 4.38. The molecule has 1 N–H and O–H groups in total. The van der Waals surface area contributed by atoms with Crippen molar-refractivity contribution in [2.45, 2.75) is 58.7 Å². The van der Waals surface area contributed by atoms with E-state index in [1.807, 2.05) is 20.8 Å². The van der Waals surface area contributed by atoms with Gasteiger partial charge in [-0.25, -0.2) is 4.68 Å². The lowest BCUT2D eigenvalue weighted by Gasteiger charge is -2.33. The van der Waals surface area contributed by atoms with Crippen molar-refractivity contribution < 1.29 is 22.8 Å². The van der Waals surface area contributed by atoms with Crippen LogP contribution in [0.1, 0.15) is 52.5 Å². The first kappa shape index (κ1) is 20.3. The highest BCUT2D eigenvalue weighted by Crippen LogP contribution is 2.28. The molecule has 1 aromatic rings. The molecule has 146 valence electrons. The molecule has 0 atom stereocenters. The van der Waals surface area contributed by atoms with Crippen molar-refractivity contribution in [1.82, 2.24) is 14.7 Å². The minimum atomic E-state index is -4.32. The quantitative estimate of drug-likeness (QED) is 0.879. The van der Waals surface area contributed by atoms with Crippen molar-refractivity contribution in [3.63, 3.8) is 0 Å². The molecule has 2 heterocycles. The number of hydrogen-bond donors (Lipinski definition) is 1. The van der Waals surface area contributed by atoms with Gasteiger partial charge in [-0.1, -0.05) is 20.8 Å². The molecule has 1 fully saturated rings. The van der Waals surface area contributed by atoms with Gasteiger partial charge in [0.25, 0.3) is 0 Å². The fraction of sp³-hybridized carbons (Fsp3) is 0.706. The third kappa shape index (κ3) is 5.47. The highest BCUT2D eigenvalue weighted by atomic mass is 19.4. The van der Waals surface area contributed by atoms with Gasteiger partial charge in [-0.2, -0.15) is 18.3 Å². The van der Waals surface area contributed by atoms with Gasteiger partial charge in [0.05, 0.1) is 18.7 Å². The second-order valence-electron chi connectivity index (χ2n) is 7.59. The summed E-state index contributed by atoms with van der Waals surface area (Å²) in [5, 5.41) is 7.12. The monoisotopic (exact) mass is 374 g/mol. The summed E-state index contributed by atoms with van der Waals surface area (Å²) < 4.78 is 38.5. The Hall–Kier alpha value is -2.06. The van der Waals surface area contributed by atoms with Crippen molar-refractivity contribution in [3.8, 4) is 0 Å². The van der Waals surface area contributed by atoms with Crippen molar-refractivity contribution in [3.05, 3.63) is 12.3 Å². The lowest BCUT2D eigenvalue weighted by Crippen LogP contribution is -2.40. The van der Waals surface area contributed by atoms with Crippen LogP contribution >= 0.6 is 0 Å². The first-order valence-electron chi connectivity index (χ1n) is 8.67. The minimum Gasteiger partial charge on any atom is -0.343 e. The molecule has 0 radical (unpaired) electrons. The Morgan fingerprint density at radius 3 is 2.38 bits per heavy atom. The third-order valence-corrected chi connectivity index (χ3v) is 4.38. The summed E-state index contributed by atoms with van der Waals surface area (Å²) in [7, 11) is 0. The van der Waals surface area contributed by atoms with Gasteiger partial charge in [-0.05, 0) is 12.8 Å². The average Bonchev–Trinajstić information content (AvgIpc) is 2.99. The van der Waals surface area contributed by atoms with Crippen molar-refractivity contribution in [1.29, 1.82) is 0 Å². The molecule has 9 heteroatoms. The molecule has 26 heavy (non-hydrogen) atoms. The first-order chi connectivity index (χ1) is 12.0. The van der Waals surface area contributed by atoms with Crippen molar-refractivity contribution in [2.24, 2.45) is 5.41 Å². The number of halogens is 3. The van der Waals surface area contributed by atoms with E-state index >= 15 is 0 Å². The van der Waals surface area contributed by atoms with E-state index in [9.17, 15) is 22.8 Å². The van der Waals surface area contributed by atoms with E-state index in [1.54, 1.807) is 16.9 Å². The zero-order valence-electron chi connectivity index (χ0n) is 15.3. The fourth-order valence-electron chi connectivity index (χ4n) is 2.77. The lowest BCUT2D eigenvalue weighted by molar-refractivity contribution is -0.149. The summed E-state index contributed by atoms with van der Waals surface area (Å²) in [6, 6.07) is 1.71. The average molecular weight is 374 g/mol. The van der Waals surface area contributed by atoms with Crippen LogP contribution in [0.15, 0.2) is 12.3 Å². The van der Waals surface area contributed by atoms with Crippen LogP contribution < -0.4 is 5.32 Å². The van der Waals surface area contributed by atoms with Crippen LogP contribution in [0.3, 0.4) is 0 Å². The van der Waals surface area contributed by atoms with Crippen molar-refractivity contribution in [2.75, 3.05) is 18.4 Å². The van der Waals surface area contributed by atoms with E-state index < -0.39 is 30.3 Å². The molecule has 1 saturated heterocycles. The number of anilines is 1. The molecule has 0 bridgehead atoms. The number of carbonyl (C=O) groups is 2. The normalized spacial score (nSPS) is 16.6. The number of hydrogen-bond acceptors (Lipinski definition) is 3. The summed E-state index contributed by atoms with van der Waals surface area (Å²) >= 11 is 0. The number of likely N-dealkylation sites (tertiary alicyclic amines) is 1. The first-order valence-corrected chi connectivity index (χ1v) is 8.67. The van der Waals surface area contributed by atoms with Crippen LogP contribution in [0.4, 0.5) is 19.0 Å². The molecule has 2 amide bonds. The van der Waals surface area contributed by atoms with Gasteiger partial charge in [0.1, 0.15) is 5.82 Å². The van der Waals surface area contributed by atoms with Gasteiger partial charge >= 0.3 is 6.18 Å². The topological polar surface area (TPSA) is 67.2 Å². The van der Waals surface area contributed by atoms with Gasteiger partial charge in [0, 0.05) is 31.0 Å². The fourth-order valence-corrected chi connectivity index (χ4v) is 2.77. The Morgan fingerprint density at radius 2 is 1.85 bits per heavy atom. The van der Waals surface area contributed by atoms with Crippen molar-refractivity contribution >= 4 is 17.6 Å². The Bertz CT molecular complexity index is 641. The number of alkyl halides is 3. The second kappa shape index (κ2) is 7.67. The molecule has 1 aromatic heterocycles. The molecule has 2 rings (SSSR count). The van der Waals surface area contributed by atoms with E-state index in [2.05, 4.69) is 10.4 Å². The molecule has 0 aliphatic carbocycles. The summed E-state index contributed by atoms with van der Waals surface area (Å²) in [5.41, 5.74) is -0.538. The summed E-state index contributed by atoms with van der Waals surface area (Å²) in [5.74, 6) is -0.00622. The molecule has 0 unspecified atom stereocenters. The maximum atomic E-state index is 12.2. The predicted molar refractivity (Wildman–Crippen MR) is 90.5 cm³/mol. The Balaban J connectivity index is 1.92. The number of rotatable bonds is 4. The summed E-state index contributed by atoms with van der Waals surface area (Å²) in [6.07, 6.45) is -3.16. The maximum Gasteiger partial charge on any atom is 0.389 e. The number of aromatic nitrogens is 2. The van der Waals surface area contributed by atoms with Gasteiger partial charge < -0.3 is 10.2 Å². The molecule has 0 aromatic carbocycles. The predicted octanol–water partition coefficient (Wildman–Crippen LogP) is 3.37. The van der Waals surface area contributed by atoms with Crippen LogP contribution in [-0.2, 0) is 9.59 Å². The van der Waals surface area contributed by atoms with E-state index in [0.717, 1.165) is 0 Å². The molecule has 1 aliphatic heterocycles. The molecular formula is C17H25F3N4O2. The van der Waals surface area contributed by atoms with Crippen LogP contribution in [0, 0.1) is 5.41 Å². The number of nitrogens with one attached hydrogen (secondary N) is 1. The maximum absolute atomic E-state index is 12.2. The van der Waals surface area contributed by atoms with Crippen LogP contribution in [-0.4, -0.2) is 45.8 Å². The SMILES string of the molecule is CC(C)(C)C(=O)Nc1ccnn1C1CCN(C(=O)CCC(F)(F)F)CC1. The van der Waals surface area contributed by atoms with E-state index in [1.165, 1.54) is 4.90 Å². The zero-order valence-corrected chi connectivity index (χ0v) is 15.3. The lowest BCUT2D eigenvalue weighted by atomic mass is 9.96. The van der Waals surface area contributed by atoms with Gasteiger partial charge in [0.2, 0.25) is 11.8 Å². The number of carbonyl (C=O) groups excluding carboxylic acids is 2. The molecule has 1 aliphatic rings. The Kier molecular flexibility index (Phi) is 5.98. The molecule has 0 saturated carbocycles. The van der Waals surface area contributed by atoms with Crippen LogP contribution in [0.2, 0.25) is 0 Å². The molecule has 0 spiro atoms.